The number of rotatable bonds is 7. The van der Waals surface area contributed by atoms with Crippen LogP contribution in [0.4, 0.5) is 5.82 Å². The maximum atomic E-state index is 10.1. The number of carbonyl (C=O) groups is 1. The minimum atomic E-state index is -0.196. The molecular weight excluding hydrogens is 306 g/mol. The van der Waals surface area contributed by atoms with E-state index in [1.54, 1.807) is 13.1 Å². The van der Waals surface area contributed by atoms with Crippen LogP contribution in [0.15, 0.2) is 23.3 Å². The van der Waals surface area contributed by atoms with Crippen molar-refractivity contribution in [3.63, 3.8) is 0 Å². The third kappa shape index (κ3) is 9.78. The third-order valence-corrected chi connectivity index (χ3v) is 3.02. The van der Waals surface area contributed by atoms with E-state index in [2.05, 4.69) is 39.6 Å². The monoisotopic (exact) mass is 337 g/mol. The van der Waals surface area contributed by atoms with Crippen molar-refractivity contribution in [1.82, 2.24) is 15.9 Å². The fourth-order valence-corrected chi connectivity index (χ4v) is 1.61. The molecule has 7 heteroatoms. The molecule has 7 nitrogen and oxygen atoms in total. The number of nitrogen functional groups attached to an aromatic ring is 1. The van der Waals surface area contributed by atoms with Gasteiger partial charge < -0.3 is 10.5 Å². The molecule has 0 spiro atoms. The second-order valence-corrected chi connectivity index (χ2v) is 5.81. The number of hydrogen-bond acceptors (Lipinski definition) is 7. The fourth-order valence-electron chi connectivity index (χ4n) is 1.61. The number of carbonyl (C=O) groups excluding carboxylic acids is 1. The molecule has 4 N–H and O–H groups in total. The number of hydrazone groups is 1. The number of aromatic nitrogens is 1. The zero-order chi connectivity index (χ0) is 18.5. The van der Waals surface area contributed by atoms with Crippen molar-refractivity contribution in [2.45, 2.75) is 41.0 Å². The molecule has 24 heavy (non-hydrogen) atoms. The second kappa shape index (κ2) is 12.3. The number of ether oxygens (including phenoxy) is 1. The number of pyridine rings is 1. The van der Waals surface area contributed by atoms with Crippen molar-refractivity contribution >= 4 is 17.5 Å². The summed E-state index contributed by atoms with van der Waals surface area (Å²) in [6.45, 7) is 10.2. The van der Waals surface area contributed by atoms with E-state index in [1.807, 2.05) is 26.0 Å². The van der Waals surface area contributed by atoms with Gasteiger partial charge in [0.1, 0.15) is 5.82 Å². The normalized spacial score (nSPS) is 12.2. The number of nitrogens with zero attached hydrogens (tertiary/aromatic N) is 2. The first-order valence-corrected chi connectivity index (χ1v) is 8.17. The Hall–Kier alpha value is -2.15. The van der Waals surface area contributed by atoms with Crippen molar-refractivity contribution in [2.24, 2.45) is 16.9 Å². The van der Waals surface area contributed by atoms with Crippen LogP contribution in [0.2, 0.25) is 0 Å². The van der Waals surface area contributed by atoms with E-state index in [1.165, 1.54) is 6.92 Å². The maximum Gasteiger partial charge on any atom is 0.302 e. The lowest BCUT2D eigenvalue weighted by Gasteiger charge is -2.12. The lowest BCUT2D eigenvalue weighted by molar-refractivity contribution is -0.141. The summed E-state index contributed by atoms with van der Waals surface area (Å²) in [6.07, 6.45) is 1.00. The van der Waals surface area contributed by atoms with Gasteiger partial charge in [-0.1, -0.05) is 33.8 Å². The Labute approximate surface area is 145 Å². The highest BCUT2D eigenvalue weighted by atomic mass is 16.5. The minimum Gasteiger partial charge on any atom is -0.466 e. The Kier molecular flexibility index (Phi) is 11.2. The van der Waals surface area contributed by atoms with Crippen LogP contribution >= 0.6 is 0 Å². The van der Waals surface area contributed by atoms with Crippen LogP contribution in [-0.2, 0) is 9.53 Å². The van der Waals surface area contributed by atoms with Crippen molar-refractivity contribution in [3.05, 3.63) is 23.9 Å². The fraction of sp³-hybridized carbons (Fsp3) is 0.588. The van der Waals surface area contributed by atoms with Crippen LogP contribution in [0.3, 0.4) is 0 Å². The molecule has 1 unspecified atom stereocenters. The van der Waals surface area contributed by atoms with Crippen molar-refractivity contribution in [1.29, 1.82) is 0 Å². The van der Waals surface area contributed by atoms with Gasteiger partial charge >= 0.3 is 5.97 Å². The molecule has 0 amide bonds. The third-order valence-electron chi connectivity index (χ3n) is 3.02. The average Bonchev–Trinajstić information content (AvgIpc) is 2.53. The second-order valence-electron chi connectivity index (χ2n) is 5.81. The largest absolute Gasteiger partial charge is 0.466 e. The molecule has 1 aromatic rings. The molecule has 1 atom stereocenters. The Morgan fingerprint density at radius 2 is 2.04 bits per heavy atom. The van der Waals surface area contributed by atoms with Crippen molar-refractivity contribution in [3.8, 4) is 0 Å². The first-order chi connectivity index (χ1) is 11.3. The summed E-state index contributed by atoms with van der Waals surface area (Å²) in [7, 11) is 1.77. The quantitative estimate of drug-likeness (QED) is 0.401. The molecule has 0 saturated heterocycles. The SMILES string of the molecule is CC(=O)OCC(C)C.CCC(C)/C(=N\NNC)c1cccc(N)n1. The predicted molar refractivity (Wildman–Crippen MR) is 98.3 cm³/mol. The van der Waals surface area contributed by atoms with E-state index in [0.717, 1.165) is 17.8 Å². The van der Waals surface area contributed by atoms with E-state index >= 15 is 0 Å². The van der Waals surface area contributed by atoms with Gasteiger partial charge in [-0.2, -0.15) is 5.10 Å². The van der Waals surface area contributed by atoms with Gasteiger partial charge in [-0.05, 0) is 24.5 Å². The standard InChI is InChI=1S/C11H19N5.C6H12O2/c1-4-8(2)11(15-16-13-3)9-6-5-7-10(12)14-9;1-5(2)4-8-6(3)7/h5-8,13,16H,4H2,1-3H3,(H2,12,14);5H,4H2,1-3H3/b15-11+;. The molecule has 1 aromatic heterocycles. The van der Waals surface area contributed by atoms with E-state index in [0.29, 0.717) is 24.3 Å². The number of anilines is 1. The number of nitrogens with one attached hydrogen (secondary N) is 2. The highest BCUT2D eigenvalue weighted by Crippen LogP contribution is 2.12. The van der Waals surface area contributed by atoms with Gasteiger partial charge in [0.25, 0.3) is 0 Å². The molecule has 0 fully saturated rings. The van der Waals surface area contributed by atoms with Gasteiger partial charge in [0.2, 0.25) is 0 Å². The van der Waals surface area contributed by atoms with Gasteiger partial charge in [-0.3, -0.25) is 4.79 Å². The number of nitrogens with two attached hydrogens (primary N) is 1. The predicted octanol–water partition coefficient (Wildman–Crippen LogP) is 2.34. The summed E-state index contributed by atoms with van der Waals surface area (Å²) in [5.74, 6) is 1.09. The highest BCUT2D eigenvalue weighted by molar-refractivity contribution is 6.00. The molecule has 136 valence electrons. The maximum absolute atomic E-state index is 10.1. The lowest BCUT2D eigenvalue weighted by Crippen LogP contribution is -2.26. The van der Waals surface area contributed by atoms with Crippen LogP contribution in [0, 0.1) is 11.8 Å². The molecule has 1 heterocycles. The van der Waals surface area contributed by atoms with Crippen molar-refractivity contribution in [2.75, 3.05) is 19.4 Å². The molecular formula is C17H31N5O2. The Morgan fingerprint density at radius 1 is 1.38 bits per heavy atom. The summed E-state index contributed by atoms with van der Waals surface area (Å²) < 4.78 is 4.66. The Bertz CT molecular complexity index is 517. The van der Waals surface area contributed by atoms with Crippen LogP contribution in [0.1, 0.15) is 46.7 Å². The summed E-state index contributed by atoms with van der Waals surface area (Å²) >= 11 is 0. The molecule has 0 aliphatic carbocycles. The number of hydrazine groups is 1. The molecule has 0 bridgehead atoms. The Balaban J connectivity index is 0.000000561. The van der Waals surface area contributed by atoms with Gasteiger partial charge in [-0.15, -0.1) is 0 Å². The van der Waals surface area contributed by atoms with E-state index in [4.69, 9.17) is 5.73 Å². The van der Waals surface area contributed by atoms with Crippen LogP contribution in [0.5, 0.6) is 0 Å². The van der Waals surface area contributed by atoms with Crippen molar-refractivity contribution < 1.29 is 9.53 Å². The number of hydrogen-bond donors (Lipinski definition) is 3. The number of esters is 1. The van der Waals surface area contributed by atoms with Crippen LogP contribution < -0.4 is 16.7 Å². The van der Waals surface area contributed by atoms with E-state index in [9.17, 15) is 4.79 Å². The lowest BCUT2D eigenvalue weighted by atomic mass is 10.00. The zero-order valence-corrected chi connectivity index (χ0v) is 15.6. The van der Waals surface area contributed by atoms with Gasteiger partial charge in [0, 0.05) is 19.9 Å². The average molecular weight is 337 g/mol. The van der Waals surface area contributed by atoms with Gasteiger partial charge in [-0.25, -0.2) is 15.9 Å². The Morgan fingerprint density at radius 3 is 2.46 bits per heavy atom. The van der Waals surface area contributed by atoms with Gasteiger partial charge in [0.05, 0.1) is 18.0 Å². The first-order valence-electron chi connectivity index (χ1n) is 8.17. The summed E-state index contributed by atoms with van der Waals surface area (Å²) in [6, 6.07) is 5.57. The molecule has 0 saturated carbocycles. The highest BCUT2D eigenvalue weighted by Gasteiger charge is 2.13. The molecule has 0 aliphatic rings. The van der Waals surface area contributed by atoms with E-state index < -0.39 is 0 Å². The van der Waals surface area contributed by atoms with Gasteiger partial charge in [0.15, 0.2) is 0 Å². The molecule has 0 radical (unpaired) electrons. The van der Waals surface area contributed by atoms with Crippen LogP contribution in [0.25, 0.3) is 0 Å². The molecule has 0 aliphatic heterocycles. The molecule has 1 rings (SSSR count). The topological polar surface area (TPSA) is 102 Å². The first kappa shape index (κ1) is 21.9. The van der Waals surface area contributed by atoms with E-state index in [-0.39, 0.29) is 5.97 Å². The summed E-state index contributed by atoms with van der Waals surface area (Å²) in [5, 5.41) is 4.26. The minimum absolute atomic E-state index is 0.196. The molecule has 0 aromatic carbocycles. The summed E-state index contributed by atoms with van der Waals surface area (Å²) in [5.41, 5.74) is 12.9. The zero-order valence-electron chi connectivity index (χ0n) is 15.6. The smallest absolute Gasteiger partial charge is 0.302 e. The van der Waals surface area contributed by atoms with Crippen LogP contribution in [-0.4, -0.2) is 30.3 Å². The summed E-state index contributed by atoms with van der Waals surface area (Å²) in [4.78, 5) is 14.4.